The summed E-state index contributed by atoms with van der Waals surface area (Å²) in [6.07, 6.45) is 4.28. The lowest BCUT2D eigenvalue weighted by Crippen LogP contribution is -2.42. The molecule has 5 nitrogen and oxygen atoms in total. The number of nitrogens with zero attached hydrogens (tertiary/aromatic N) is 2. The van der Waals surface area contributed by atoms with Gasteiger partial charge < -0.3 is 15.1 Å². The van der Waals surface area contributed by atoms with Crippen LogP contribution >= 0.6 is 0 Å². The van der Waals surface area contributed by atoms with E-state index >= 15 is 0 Å². The lowest BCUT2D eigenvalue weighted by atomic mass is 10.1. The molecule has 1 saturated heterocycles. The Morgan fingerprint density at radius 1 is 1.19 bits per heavy atom. The molecular formula is C21H30N4O. The second kappa shape index (κ2) is 8.90. The van der Waals surface area contributed by atoms with Gasteiger partial charge in [-0.2, -0.15) is 0 Å². The van der Waals surface area contributed by atoms with E-state index in [1.165, 1.54) is 29.5 Å². The van der Waals surface area contributed by atoms with Gasteiger partial charge in [-0.3, -0.25) is 9.89 Å². The van der Waals surface area contributed by atoms with E-state index in [9.17, 15) is 0 Å². The van der Waals surface area contributed by atoms with E-state index in [0.29, 0.717) is 0 Å². The minimum atomic E-state index is 0.243. The van der Waals surface area contributed by atoms with Gasteiger partial charge in [0.1, 0.15) is 5.76 Å². The van der Waals surface area contributed by atoms with Gasteiger partial charge in [-0.15, -0.1) is 0 Å². The maximum atomic E-state index is 5.69. The molecule has 0 saturated carbocycles. The molecule has 0 amide bonds. The molecule has 140 valence electrons. The molecule has 2 heterocycles. The van der Waals surface area contributed by atoms with Crippen LogP contribution < -0.4 is 10.6 Å². The van der Waals surface area contributed by atoms with Crippen molar-refractivity contribution in [2.45, 2.75) is 39.3 Å². The van der Waals surface area contributed by atoms with Crippen molar-refractivity contribution >= 4 is 5.96 Å². The summed E-state index contributed by atoms with van der Waals surface area (Å²) in [5.74, 6) is 1.84. The summed E-state index contributed by atoms with van der Waals surface area (Å²) >= 11 is 0. The van der Waals surface area contributed by atoms with E-state index in [2.05, 4.69) is 58.6 Å². The second-order valence-corrected chi connectivity index (χ2v) is 7.01. The van der Waals surface area contributed by atoms with Gasteiger partial charge in [0, 0.05) is 20.1 Å². The average molecular weight is 354 g/mol. The average Bonchev–Trinajstić information content (AvgIpc) is 3.33. The quantitative estimate of drug-likeness (QED) is 0.617. The normalized spacial score (nSPS) is 16.7. The number of guanidine groups is 1. The Labute approximate surface area is 156 Å². The lowest BCUT2D eigenvalue weighted by Gasteiger charge is -2.26. The Morgan fingerprint density at radius 2 is 2.00 bits per heavy atom. The largest absolute Gasteiger partial charge is 0.468 e. The van der Waals surface area contributed by atoms with Crippen LogP contribution in [-0.2, 0) is 6.54 Å². The summed E-state index contributed by atoms with van der Waals surface area (Å²) in [6, 6.07) is 10.8. The molecule has 2 aromatic rings. The Bertz CT molecular complexity index is 718. The Hall–Kier alpha value is -2.27. The minimum absolute atomic E-state index is 0.243. The highest BCUT2D eigenvalue weighted by Crippen LogP contribution is 2.24. The lowest BCUT2D eigenvalue weighted by molar-refractivity contribution is 0.215. The van der Waals surface area contributed by atoms with E-state index in [1.807, 2.05) is 13.1 Å². The molecule has 1 aliphatic rings. The SMILES string of the molecule is CN=C(NCc1ccc(C)cc1C)NCC(c1ccco1)N1CCCC1. The van der Waals surface area contributed by atoms with Crippen LogP contribution in [0.5, 0.6) is 0 Å². The summed E-state index contributed by atoms with van der Waals surface area (Å²) in [5.41, 5.74) is 3.89. The Morgan fingerprint density at radius 3 is 2.65 bits per heavy atom. The van der Waals surface area contributed by atoms with E-state index in [0.717, 1.165) is 37.9 Å². The maximum Gasteiger partial charge on any atom is 0.191 e. The molecule has 1 aromatic carbocycles. The molecule has 0 bridgehead atoms. The number of furan rings is 1. The second-order valence-electron chi connectivity index (χ2n) is 7.01. The van der Waals surface area contributed by atoms with Gasteiger partial charge in [-0.25, -0.2) is 0 Å². The molecule has 1 aliphatic heterocycles. The van der Waals surface area contributed by atoms with Gasteiger partial charge in [0.15, 0.2) is 5.96 Å². The number of hydrogen-bond donors (Lipinski definition) is 2. The summed E-state index contributed by atoms with van der Waals surface area (Å²) in [6.45, 7) is 8.07. The van der Waals surface area contributed by atoms with Crippen molar-refractivity contribution in [2.24, 2.45) is 4.99 Å². The number of aryl methyl sites for hydroxylation is 2. The van der Waals surface area contributed by atoms with Crippen LogP contribution in [0.25, 0.3) is 0 Å². The summed E-state index contributed by atoms with van der Waals surface area (Å²) in [7, 11) is 1.81. The molecule has 26 heavy (non-hydrogen) atoms. The van der Waals surface area contributed by atoms with Crippen LogP contribution in [0.4, 0.5) is 0 Å². The molecule has 0 radical (unpaired) electrons. The third kappa shape index (κ3) is 4.67. The number of nitrogens with one attached hydrogen (secondary N) is 2. The summed E-state index contributed by atoms with van der Waals surface area (Å²) in [4.78, 5) is 6.86. The minimum Gasteiger partial charge on any atom is -0.468 e. The molecule has 0 spiro atoms. The smallest absolute Gasteiger partial charge is 0.191 e. The van der Waals surface area contributed by atoms with Crippen molar-refractivity contribution in [3.8, 4) is 0 Å². The van der Waals surface area contributed by atoms with Gasteiger partial charge in [0.25, 0.3) is 0 Å². The molecule has 2 N–H and O–H groups in total. The van der Waals surface area contributed by atoms with Crippen LogP contribution in [-0.4, -0.2) is 37.5 Å². The van der Waals surface area contributed by atoms with Gasteiger partial charge in [-0.05, 0) is 63.0 Å². The van der Waals surface area contributed by atoms with Crippen molar-refractivity contribution in [2.75, 3.05) is 26.7 Å². The summed E-state index contributed by atoms with van der Waals surface area (Å²) in [5, 5.41) is 6.90. The predicted molar refractivity (Wildman–Crippen MR) is 106 cm³/mol. The van der Waals surface area contributed by atoms with Gasteiger partial charge in [0.2, 0.25) is 0 Å². The van der Waals surface area contributed by atoms with Gasteiger partial charge in [0.05, 0.1) is 12.3 Å². The zero-order chi connectivity index (χ0) is 18.4. The van der Waals surface area contributed by atoms with Gasteiger partial charge >= 0.3 is 0 Å². The highest BCUT2D eigenvalue weighted by atomic mass is 16.3. The van der Waals surface area contributed by atoms with Crippen LogP contribution in [0.3, 0.4) is 0 Å². The standard InChI is InChI=1S/C21H30N4O/c1-16-8-9-18(17(2)13-16)14-23-21(22-3)24-15-19(20-7-6-12-26-20)25-10-4-5-11-25/h6-9,12-13,19H,4-5,10-11,14-15H2,1-3H3,(H2,22,23,24). The third-order valence-electron chi connectivity index (χ3n) is 5.08. The third-order valence-corrected chi connectivity index (χ3v) is 5.08. The first kappa shape index (κ1) is 18.5. The first-order valence-electron chi connectivity index (χ1n) is 9.45. The summed E-state index contributed by atoms with van der Waals surface area (Å²) < 4.78 is 5.69. The fraction of sp³-hybridized carbons (Fsp3) is 0.476. The molecular weight excluding hydrogens is 324 g/mol. The fourth-order valence-corrected chi connectivity index (χ4v) is 3.58. The van der Waals surface area contributed by atoms with Crippen LogP contribution in [0.2, 0.25) is 0 Å². The zero-order valence-corrected chi connectivity index (χ0v) is 16.1. The van der Waals surface area contributed by atoms with Crippen molar-refractivity contribution < 1.29 is 4.42 Å². The predicted octanol–water partition coefficient (Wildman–Crippen LogP) is 3.40. The van der Waals surface area contributed by atoms with E-state index in [-0.39, 0.29) is 6.04 Å². The highest BCUT2D eigenvalue weighted by Gasteiger charge is 2.25. The topological polar surface area (TPSA) is 52.8 Å². The molecule has 0 aliphatic carbocycles. The molecule has 5 heteroatoms. The van der Waals surface area contributed by atoms with Crippen LogP contribution in [0, 0.1) is 13.8 Å². The highest BCUT2D eigenvalue weighted by molar-refractivity contribution is 5.79. The molecule has 3 rings (SSSR count). The number of aliphatic imine (C=N–C) groups is 1. The Kier molecular flexibility index (Phi) is 6.34. The van der Waals surface area contributed by atoms with Crippen molar-refractivity contribution in [1.82, 2.24) is 15.5 Å². The number of likely N-dealkylation sites (tertiary alicyclic amines) is 1. The van der Waals surface area contributed by atoms with Crippen LogP contribution in [0.1, 0.15) is 41.3 Å². The van der Waals surface area contributed by atoms with Crippen molar-refractivity contribution in [3.63, 3.8) is 0 Å². The number of benzene rings is 1. The van der Waals surface area contributed by atoms with E-state index in [1.54, 1.807) is 6.26 Å². The molecule has 1 unspecified atom stereocenters. The fourth-order valence-electron chi connectivity index (χ4n) is 3.58. The Balaban J connectivity index is 1.58. The molecule has 1 atom stereocenters. The van der Waals surface area contributed by atoms with Crippen molar-refractivity contribution in [3.05, 3.63) is 59.0 Å². The number of hydrogen-bond acceptors (Lipinski definition) is 3. The van der Waals surface area contributed by atoms with E-state index in [4.69, 9.17) is 4.42 Å². The van der Waals surface area contributed by atoms with Gasteiger partial charge in [-0.1, -0.05) is 23.8 Å². The maximum absolute atomic E-state index is 5.69. The zero-order valence-electron chi connectivity index (χ0n) is 16.1. The monoisotopic (exact) mass is 354 g/mol. The van der Waals surface area contributed by atoms with E-state index < -0.39 is 0 Å². The first-order chi connectivity index (χ1) is 12.7. The number of rotatable bonds is 6. The van der Waals surface area contributed by atoms with Crippen LogP contribution in [0.15, 0.2) is 46.0 Å². The first-order valence-corrected chi connectivity index (χ1v) is 9.45. The molecule has 1 fully saturated rings. The van der Waals surface area contributed by atoms with Crippen molar-refractivity contribution in [1.29, 1.82) is 0 Å². The molecule has 1 aromatic heterocycles.